The average molecular weight is 391 g/mol. The zero-order valence-corrected chi connectivity index (χ0v) is 18.3. The van der Waals surface area contributed by atoms with E-state index in [9.17, 15) is 29.4 Å². The molecule has 0 amide bonds. The smallest absolute Gasteiger partial charge is 0.811 e. The molecule has 12 nitrogen and oxygen atoms in total. The molecule has 5 N–H and O–H groups in total. The third-order valence-corrected chi connectivity index (χ3v) is 4.27. The molecule has 0 saturated carbocycles. The normalized spacial score (nSPS) is 26.2. The summed E-state index contributed by atoms with van der Waals surface area (Å²) in [6, 6.07) is 0. The largest absolute Gasteiger partial charge is 1.00 e. The number of hydrogen-bond donors (Lipinski definition) is 4. The molecular formula is C10H12N5Na2O7P. The number of hydrogen-bond acceptors (Lipinski definition) is 10. The molecule has 0 aromatic carbocycles. The van der Waals surface area contributed by atoms with Crippen LogP contribution < -0.4 is 80.2 Å². The molecule has 4 atom stereocenters. The molecule has 25 heavy (non-hydrogen) atoms. The number of nitrogens with one attached hydrogen (secondary N) is 1. The first-order valence-corrected chi connectivity index (χ1v) is 8.15. The molecule has 0 spiro atoms. The van der Waals surface area contributed by atoms with Crippen molar-refractivity contribution in [3.05, 3.63) is 16.7 Å². The van der Waals surface area contributed by atoms with Crippen LogP contribution in [0.4, 0.5) is 5.95 Å². The predicted molar refractivity (Wildman–Crippen MR) is 71.0 cm³/mol. The van der Waals surface area contributed by atoms with Crippen molar-refractivity contribution in [1.82, 2.24) is 19.5 Å². The van der Waals surface area contributed by atoms with Crippen LogP contribution in [0, 0.1) is 0 Å². The van der Waals surface area contributed by atoms with Gasteiger partial charge in [0.2, 0.25) is 5.95 Å². The van der Waals surface area contributed by atoms with Gasteiger partial charge < -0.3 is 35.0 Å². The topological polar surface area (TPSA) is 202 Å². The van der Waals surface area contributed by atoms with E-state index in [-0.39, 0.29) is 76.2 Å². The quantitative estimate of drug-likeness (QED) is 0.287. The number of H-pyrrole nitrogens is 1. The first-order valence-electron chi connectivity index (χ1n) is 6.42. The van der Waals surface area contributed by atoms with Gasteiger partial charge in [0.25, 0.3) is 5.56 Å². The summed E-state index contributed by atoms with van der Waals surface area (Å²) in [6.07, 6.45) is -5.69. The van der Waals surface area contributed by atoms with Gasteiger partial charge in [-0.25, -0.2) is 4.98 Å². The fourth-order valence-electron chi connectivity index (χ4n) is 2.46. The van der Waals surface area contributed by atoms with Crippen molar-refractivity contribution >= 4 is 24.7 Å². The molecule has 2 aromatic heterocycles. The number of ether oxygens (including phenoxy) is 1. The Morgan fingerprint density at radius 3 is 2.60 bits per heavy atom. The number of fused-ring (bicyclic) bond motifs is 1. The van der Waals surface area contributed by atoms with Crippen LogP contribution in [0.1, 0.15) is 6.23 Å². The minimum absolute atomic E-state index is 0. The average Bonchev–Trinajstić information content (AvgIpc) is 2.94. The molecule has 126 valence electrons. The van der Waals surface area contributed by atoms with Crippen molar-refractivity contribution in [3.63, 3.8) is 0 Å². The summed E-state index contributed by atoms with van der Waals surface area (Å²) in [5, 5.41) is 19.9. The molecule has 3 rings (SSSR count). The zero-order chi connectivity index (χ0) is 16.9. The van der Waals surface area contributed by atoms with Gasteiger partial charge in [-0.05, 0) is 0 Å². The molecule has 3 heterocycles. The van der Waals surface area contributed by atoms with Gasteiger partial charge >= 0.3 is 59.1 Å². The number of anilines is 1. The van der Waals surface area contributed by atoms with Crippen LogP contribution in [0.15, 0.2) is 11.1 Å². The number of imidazole rings is 1. The number of aromatic nitrogens is 4. The maximum atomic E-state index is 11.7. The monoisotopic (exact) mass is 391 g/mol. The van der Waals surface area contributed by atoms with Crippen LogP contribution in [0.3, 0.4) is 0 Å². The van der Waals surface area contributed by atoms with E-state index in [0.717, 1.165) is 10.9 Å². The first kappa shape index (κ1) is 23.2. The van der Waals surface area contributed by atoms with Crippen LogP contribution in [0.5, 0.6) is 0 Å². The number of aliphatic hydroxyl groups is 2. The summed E-state index contributed by atoms with van der Waals surface area (Å²) in [5.74, 6) is -0.197. The Morgan fingerprint density at radius 1 is 1.36 bits per heavy atom. The van der Waals surface area contributed by atoms with E-state index in [1.54, 1.807) is 0 Å². The van der Waals surface area contributed by atoms with Gasteiger partial charge in [0.15, 0.2) is 17.4 Å². The molecule has 1 aliphatic rings. The summed E-state index contributed by atoms with van der Waals surface area (Å²) < 4.78 is 17.2. The van der Waals surface area contributed by atoms with Crippen molar-refractivity contribution in [2.24, 2.45) is 0 Å². The number of nitrogens with zero attached hydrogens (tertiary/aromatic N) is 3. The van der Waals surface area contributed by atoms with Gasteiger partial charge in [-0.15, -0.1) is 0 Å². The van der Waals surface area contributed by atoms with E-state index in [4.69, 9.17) is 10.5 Å². The fourth-order valence-corrected chi connectivity index (χ4v) is 3.20. The van der Waals surface area contributed by atoms with Crippen molar-refractivity contribution in [2.75, 3.05) is 11.9 Å². The number of rotatable bonds is 3. The Hall–Kier alpha value is 0.180. The Balaban J connectivity index is 0.00000156. The van der Waals surface area contributed by atoms with E-state index in [0.29, 0.717) is 0 Å². The van der Waals surface area contributed by atoms with Crippen LogP contribution in [0.25, 0.3) is 11.2 Å². The molecule has 2 aromatic rings. The molecule has 1 fully saturated rings. The molecule has 0 bridgehead atoms. The van der Waals surface area contributed by atoms with Gasteiger partial charge in [0.1, 0.15) is 12.2 Å². The van der Waals surface area contributed by atoms with E-state index < -0.39 is 43.9 Å². The second-order valence-corrected chi connectivity index (χ2v) is 6.70. The van der Waals surface area contributed by atoms with E-state index in [1.807, 2.05) is 0 Å². The minimum atomic E-state index is -4.96. The second-order valence-electron chi connectivity index (χ2n) is 5.11. The molecule has 0 aliphatic carbocycles. The second kappa shape index (κ2) is 8.46. The molecule has 15 heteroatoms. The van der Waals surface area contributed by atoms with E-state index in [2.05, 4.69) is 15.0 Å². The molecule has 4 unspecified atom stereocenters. The summed E-state index contributed by atoms with van der Waals surface area (Å²) in [6.45, 7) is 0. The van der Waals surface area contributed by atoms with Gasteiger partial charge in [-0.1, -0.05) is 7.60 Å². The maximum Gasteiger partial charge on any atom is 1.00 e. The Kier molecular flexibility index (Phi) is 7.86. The minimum Gasteiger partial charge on any atom is -0.811 e. The Morgan fingerprint density at radius 2 is 2.00 bits per heavy atom. The summed E-state index contributed by atoms with van der Waals surface area (Å²) in [5.41, 5.74) is 4.74. The van der Waals surface area contributed by atoms with Crippen LogP contribution in [-0.2, 0) is 9.30 Å². The zero-order valence-electron chi connectivity index (χ0n) is 13.4. The van der Waals surface area contributed by atoms with Crippen molar-refractivity contribution in [1.29, 1.82) is 0 Å². The number of nitrogen functional groups attached to an aromatic ring is 1. The van der Waals surface area contributed by atoms with Crippen LogP contribution in [-0.4, -0.2) is 54.2 Å². The van der Waals surface area contributed by atoms with E-state index >= 15 is 0 Å². The van der Waals surface area contributed by atoms with Gasteiger partial charge in [0.05, 0.1) is 12.4 Å². The predicted octanol–water partition coefficient (Wildman–Crippen LogP) is -9.76. The Bertz CT molecular complexity index is 854. The fraction of sp³-hybridized carbons (Fsp3) is 0.500. The molecule has 1 saturated heterocycles. The summed E-state index contributed by atoms with van der Waals surface area (Å²) in [4.78, 5) is 43.3. The standard InChI is InChI=1S/C10H14N5O7P.2Na/c11-10-13-7-4(8(18)14-10)12-2-15(7)9-6(17)5(16)3(22-9)1-23(19,20)21;;/h2-3,5-6,9,16-17H,1H2,(H2,19,20,21)(H3,11,13,14,18);;/q;2*+1/p-2. The van der Waals surface area contributed by atoms with Crippen molar-refractivity contribution < 1.29 is 88.4 Å². The molecule has 0 radical (unpaired) electrons. The molecule has 1 aliphatic heterocycles. The summed E-state index contributed by atoms with van der Waals surface area (Å²) in [7, 11) is -4.96. The SMILES string of the molecule is Nc1nc2c(ncn2C2OC(CP(=O)([O-])[O-])C(O)C2O)c(=O)[nH]1.[Na+].[Na+]. The van der Waals surface area contributed by atoms with Gasteiger partial charge in [0, 0.05) is 6.16 Å². The number of aromatic amines is 1. The first-order chi connectivity index (χ1) is 10.7. The summed E-state index contributed by atoms with van der Waals surface area (Å²) >= 11 is 0. The van der Waals surface area contributed by atoms with Crippen LogP contribution in [0.2, 0.25) is 0 Å². The van der Waals surface area contributed by atoms with Gasteiger partial charge in [-0.3, -0.25) is 14.3 Å². The third kappa shape index (κ3) is 4.72. The van der Waals surface area contributed by atoms with Gasteiger partial charge in [-0.2, -0.15) is 4.98 Å². The van der Waals surface area contributed by atoms with Crippen LogP contribution >= 0.6 is 7.60 Å². The van der Waals surface area contributed by atoms with Crippen molar-refractivity contribution in [2.45, 2.75) is 24.5 Å². The molecular weight excluding hydrogens is 379 g/mol. The van der Waals surface area contributed by atoms with E-state index in [1.165, 1.54) is 0 Å². The number of nitrogens with two attached hydrogens (primary N) is 1. The Labute approximate surface area is 184 Å². The maximum absolute atomic E-state index is 11.7. The third-order valence-electron chi connectivity index (χ3n) is 3.47. The number of aliphatic hydroxyl groups excluding tert-OH is 2. The van der Waals surface area contributed by atoms with Crippen molar-refractivity contribution in [3.8, 4) is 0 Å².